The van der Waals surface area contributed by atoms with Crippen molar-refractivity contribution in [2.24, 2.45) is 11.8 Å². The summed E-state index contributed by atoms with van der Waals surface area (Å²) in [6.07, 6.45) is 16.8. The average molecular weight is 220 g/mol. The summed E-state index contributed by atoms with van der Waals surface area (Å²) in [4.78, 5) is 20.3. The normalized spacial score (nSPS) is 27.8. The molecule has 0 saturated heterocycles. The van der Waals surface area contributed by atoms with Crippen LogP contribution in [-0.2, 0) is 9.59 Å². The Balaban J connectivity index is 0.000000160. The molecule has 0 heterocycles. The van der Waals surface area contributed by atoms with Crippen LogP contribution in [0.1, 0.15) is 38.5 Å². The first-order chi connectivity index (χ1) is 7.86. The number of carbonyl (C=O) groups is 2. The summed E-state index contributed by atoms with van der Waals surface area (Å²) < 4.78 is 0. The number of carbonyl (C=O) groups excluding carboxylic acids is 2. The molecule has 2 aliphatic rings. The highest BCUT2D eigenvalue weighted by atomic mass is 16.1. The van der Waals surface area contributed by atoms with Gasteiger partial charge >= 0.3 is 0 Å². The van der Waals surface area contributed by atoms with Gasteiger partial charge in [-0.05, 0) is 38.5 Å². The van der Waals surface area contributed by atoms with Crippen LogP contribution in [0.15, 0.2) is 24.3 Å². The molecule has 2 atom stereocenters. The molecule has 2 aliphatic carbocycles. The van der Waals surface area contributed by atoms with E-state index in [-0.39, 0.29) is 0 Å². The fourth-order valence-corrected chi connectivity index (χ4v) is 1.88. The standard InChI is InChI=1S/2C7H10O/c2*8-6-7-4-2-1-3-5-7/h2*1-2,6-7H,3-5H2. The lowest BCUT2D eigenvalue weighted by atomic mass is 9.96. The summed E-state index contributed by atoms with van der Waals surface area (Å²) in [7, 11) is 0. The van der Waals surface area contributed by atoms with E-state index in [1.807, 2.05) is 0 Å². The first kappa shape index (κ1) is 12.9. The van der Waals surface area contributed by atoms with Crippen LogP contribution in [0.5, 0.6) is 0 Å². The van der Waals surface area contributed by atoms with E-state index in [1.165, 1.54) is 0 Å². The average Bonchev–Trinajstić information content (AvgIpc) is 2.41. The molecule has 2 rings (SSSR count). The van der Waals surface area contributed by atoms with Gasteiger partial charge in [-0.3, -0.25) is 0 Å². The smallest absolute Gasteiger partial charge is 0.123 e. The molecule has 2 heteroatoms. The van der Waals surface area contributed by atoms with Gasteiger partial charge in [0.2, 0.25) is 0 Å². The van der Waals surface area contributed by atoms with Crippen molar-refractivity contribution < 1.29 is 9.59 Å². The molecule has 0 radical (unpaired) electrons. The first-order valence-electron chi connectivity index (χ1n) is 6.07. The van der Waals surface area contributed by atoms with Gasteiger partial charge in [0.05, 0.1) is 0 Å². The number of hydrogen-bond donors (Lipinski definition) is 0. The van der Waals surface area contributed by atoms with Crippen molar-refractivity contribution in [1.29, 1.82) is 0 Å². The predicted octanol–water partition coefficient (Wildman–Crippen LogP) is 3.08. The van der Waals surface area contributed by atoms with E-state index >= 15 is 0 Å². The zero-order valence-corrected chi connectivity index (χ0v) is 9.68. The Hall–Kier alpha value is -1.18. The van der Waals surface area contributed by atoms with Crippen LogP contribution >= 0.6 is 0 Å². The molecular weight excluding hydrogens is 200 g/mol. The van der Waals surface area contributed by atoms with Gasteiger partial charge in [0.25, 0.3) is 0 Å². The summed E-state index contributed by atoms with van der Waals surface area (Å²) in [6, 6.07) is 0. The highest BCUT2D eigenvalue weighted by molar-refractivity contribution is 5.54. The van der Waals surface area contributed by atoms with Crippen molar-refractivity contribution in [3.8, 4) is 0 Å². The summed E-state index contributed by atoms with van der Waals surface area (Å²) in [6.45, 7) is 0. The molecule has 0 fully saturated rings. The van der Waals surface area contributed by atoms with Crippen LogP contribution in [-0.4, -0.2) is 12.6 Å². The molecule has 0 bridgehead atoms. The second-order valence-corrected chi connectivity index (χ2v) is 4.36. The van der Waals surface area contributed by atoms with Crippen molar-refractivity contribution in [3.05, 3.63) is 24.3 Å². The van der Waals surface area contributed by atoms with E-state index in [0.29, 0.717) is 11.8 Å². The Kier molecular flexibility index (Phi) is 6.47. The van der Waals surface area contributed by atoms with Crippen molar-refractivity contribution in [2.75, 3.05) is 0 Å². The maximum Gasteiger partial charge on any atom is 0.123 e. The van der Waals surface area contributed by atoms with Crippen LogP contribution in [0.2, 0.25) is 0 Å². The molecule has 0 amide bonds. The summed E-state index contributed by atoms with van der Waals surface area (Å²) >= 11 is 0. The SMILES string of the molecule is O=CC1CC=CCC1.O=CC1CC=CCC1. The number of allylic oxidation sites excluding steroid dienone is 4. The van der Waals surface area contributed by atoms with Crippen LogP contribution in [0, 0.1) is 11.8 Å². The van der Waals surface area contributed by atoms with Crippen LogP contribution in [0.4, 0.5) is 0 Å². The molecular formula is C14H20O2. The van der Waals surface area contributed by atoms with E-state index in [2.05, 4.69) is 24.3 Å². The number of hydrogen-bond acceptors (Lipinski definition) is 2. The Morgan fingerprint density at radius 2 is 1.19 bits per heavy atom. The summed E-state index contributed by atoms with van der Waals surface area (Å²) in [5, 5.41) is 0. The lowest BCUT2D eigenvalue weighted by molar-refractivity contribution is -0.112. The van der Waals surface area contributed by atoms with Crippen molar-refractivity contribution in [3.63, 3.8) is 0 Å². The quantitative estimate of drug-likeness (QED) is 0.529. The molecule has 0 spiro atoms. The Labute approximate surface area is 97.4 Å². The Morgan fingerprint density at radius 3 is 1.38 bits per heavy atom. The zero-order chi connectivity index (χ0) is 11.6. The van der Waals surface area contributed by atoms with Gasteiger partial charge in [-0.1, -0.05) is 24.3 Å². The maximum atomic E-state index is 10.1. The minimum atomic E-state index is 0.319. The monoisotopic (exact) mass is 220 g/mol. The molecule has 16 heavy (non-hydrogen) atoms. The van der Waals surface area contributed by atoms with E-state index in [1.54, 1.807) is 0 Å². The Morgan fingerprint density at radius 1 is 0.750 bits per heavy atom. The molecule has 88 valence electrons. The third kappa shape index (κ3) is 5.06. The molecule has 0 aliphatic heterocycles. The van der Waals surface area contributed by atoms with Crippen LogP contribution < -0.4 is 0 Å². The first-order valence-corrected chi connectivity index (χ1v) is 6.07. The molecule has 0 N–H and O–H groups in total. The minimum Gasteiger partial charge on any atom is -0.303 e. The van der Waals surface area contributed by atoms with Crippen LogP contribution in [0.3, 0.4) is 0 Å². The molecule has 2 unspecified atom stereocenters. The van der Waals surface area contributed by atoms with Crippen molar-refractivity contribution in [1.82, 2.24) is 0 Å². The highest BCUT2D eigenvalue weighted by Gasteiger charge is 2.06. The summed E-state index contributed by atoms with van der Waals surface area (Å²) in [5.41, 5.74) is 0. The van der Waals surface area contributed by atoms with Gasteiger partial charge in [0, 0.05) is 11.8 Å². The largest absolute Gasteiger partial charge is 0.303 e. The predicted molar refractivity (Wildman–Crippen MR) is 65.1 cm³/mol. The molecule has 0 aromatic carbocycles. The second-order valence-electron chi connectivity index (χ2n) is 4.36. The van der Waals surface area contributed by atoms with Gasteiger partial charge in [0.1, 0.15) is 12.6 Å². The van der Waals surface area contributed by atoms with E-state index in [4.69, 9.17) is 0 Å². The summed E-state index contributed by atoms with van der Waals surface area (Å²) in [5.74, 6) is 0.639. The minimum absolute atomic E-state index is 0.319. The van der Waals surface area contributed by atoms with Gasteiger partial charge < -0.3 is 9.59 Å². The van der Waals surface area contributed by atoms with Gasteiger partial charge in [0.15, 0.2) is 0 Å². The fourth-order valence-electron chi connectivity index (χ4n) is 1.88. The maximum absolute atomic E-state index is 10.1. The lowest BCUT2D eigenvalue weighted by Gasteiger charge is -2.08. The van der Waals surface area contributed by atoms with Gasteiger partial charge in [-0.2, -0.15) is 0 Å². The lowest BCUT2D eigenvalue weighted by Crippen LogP contribution is -2.02. The molecule has 0 aromatic heterocycles. The number of rotatable bonds is 2. The van der Waals surface area contributed by atoms with Gasteiger partial charge in [-0.25, -0.2) is 0 Å². The highest BCUT2D eigenvalue weighted by Crippen LogP contribution is 2.15. The van der Waals surface area contributed by atoms with Crippen LogP contribution in [0.25, 0.3) is 0 Å². The zero-order valence-electron chi connectivity index (χ0n) is 9.68. The van der Waals surface area contributed by atoms with E-state index < -0.39 is 0 Å². The molecule has 0 aromatic rings. The Bertz CT molecular complexity index is 238. The van der Waals surface area contributed by atoms with Crippen molar-refractivity contribution in [2.45, 2.75) is 38.5 Å². The molecule has 0 saturated carbocycles. The molecule has 2 nitrogen and oxygen atoms in total. The fraction of sp³-hybridized carbons (Fsp3) is 0.571. The van der Waals surface area contributed by atoms with E-state index in [0.717, 1.165) is 51.1 Å². The third-order valence-corrected chi connectivity index (χ3v) is 3.00. The van der Waals surface area contributed by atoms with E-state index in [9.17, 15) is 9.59 Å². The third-order valence-electron chi connectivity index (χ3n) is 3.00. The topological polar surface area (TPSA) is 34.1 Å². The van der Waals surface area contributed by atoms with Crippen molar-refractivity contribution >= 4 is 12.6 Å². The van der Waals surface area contributed by atoms with Gasteiger partial charge in [-0.15, -0.1) is 0 Å². The second kappa shape index (κ2) is 8.03. The number of aldehydes is 2.